The smallest absolute Gasteiger partial charge is 0.327 e. The van der Waals surface area contributed by atoms with E-state index in [2.05, 4.69) is 9.97 Å². The first-order valence-electron chi connectivity index (χ1n) is 6.66. The molecule has 11 nitrogen and oxygen atoms in total. The molecule has 1 aliphatic carbocycles. The molecule has 0 spiro atoms. The van der Waals surface area contributed by atoms with Crippen LogP contribution in [0.25, 0.3) is 11.2 Å². The van der Waals surface area contributed by atoms with E-state index in [0.29, 0.717) is 0 Å². The number of aromatic amines is 2. The second-order valence-corrected chi connectivity index (χ2v) is 5.61. The van der Waals surface area contributed by atoms with Crippen LogP contribution in [-0.2, 0) is 16.1 Å². The van der Waals surface area contributed by atoms with Crippen LogP contribution in [0.5, 0.6) is 0 Å². The maximum Gasteiger partial charge on any atom is 0.327 e. The van der Waals surface area contributed by atoms with Gasteiger partial charge in [0.05, 0.1) is 18.8 Å². The van der Waals surface area contributed by atoms with Gasteiger partial charge in [-0.05, 0) is 6.42 Å². The monoisotopic (exact) mass is 323 g/mol. The minimum absolute atomic E-state index is 0.0300. The predicted molar refractivity (Wildman–Crippen MR) is 74.8 cm³/mol. The first-order chi connectivity index (χ1) is 10.7. The van der Waals surface area contributed by atoms with Crippen molar-refractivity contribution in [2.45, 2.75) is 18.5 Å². The lowest BCUT2D eigenvalue weighted by Gasteiger charge is -2.25. The van der Waals surface area contributed by atoms with Crippen molar-refractivity contribution in [3.05, 3.63) is 27.2 Å². The van der Waals surface area contributed by atoms with E-state index >= 15 is 0 Å². The van der Waals surface area contributed by atoms with Gasteiger partial charge in [-0.25, -0.2) is 9.78 Å². The van der Waals surface area contributed by atoms with E-state index in [1.54, 1.807) is 0 Å². The van der Waals surface area contributed by atoms with Gasteiger partial charge in [-0.2, -0.15) is 0 Å². The number of imidazole rings is 1. The number of hydrogen-bond acceptors (Lipinski definition) is 6. The van der Waals surface area contributed by atoms with E-state index in [1.165, 1.54) is 10.9 Å². The molecular formula is C12H13N5O6. The van der Waals surface area contributed by atoms with Crippen LogP contribution in [0.3, 0.4) is 0 Å². The number of H-pyrrole nitrogens is 2. The minimum Gasteiger partial charge on any atom is -0.481 e. The van der Waals surface area contributed by atoms with Gasteiger partial charge >= 0.3 is 17.6 Å². The van der Waals surface area contributed by atoms with Crippen LogP contribution in [0, 0.1) is 11.8 Å². The van der Waals surface area contributed by atoms with Crippen molar-refractivity contribution in [3.63, 3.8) is 0 Å². The zero-order chi connectivity index (χ0) is 16.9. The van der Waals surface area contributed by atoms with Gasteiger partial charge in [-0.15, -0.1) is 0 Å². The lowest BCUT2D eigenvalue weighted by molar-refractivity contribution is -0.145. The first-order valence-corrected chi connectivity index (χ1v) is 6.66. The number of carbonyl (C=O) groups is 2. The SMILES string of the molecule is N[C@](Cn1cnc2c(=O)[nH]c(=O)[nH]c21)(C(=O)O)[C@@H]1C[C@H]1C(=O)O. The Bertz CT molecular complexity index is 926. The number of hydrogen-bond donors (Lipinski definition) is 5. The maximum atomic E-state index is 11.6. The summed E-state index contributed by atoms with van der Waals surface area (Å²) in [4.78, 5) is 53.7. The fourth-order valence-corrected chi connectivity index (χ4v) is 2.76. The van der Waals surface area contributed by atoms with Gasteiger partial charge in [0, 0.05) is 5.92 Å². The quantitative estimate of drug-likeness (QED) is 0.414. The van der Waals surface area contributed by atoms with Gasteiger partial charge in [-0.1, -0.05) is 0 Å². The number of nitrogens with two attached hydrogens (primary N) is 1. The summed E-state index contributed by atoms with van der Waals surface area (Å²) in [5, 5.41) is 18.4. The van der Waals surface area contributed by atoms with Crippen LogP contribution in [-0.4, -0.2) is 47.2 Å². The van der Waals surface area contributed by atoms with Gasteiger partial charge in [0.15, 0.2) is 5.52 Å². The maximum absolute atomic E-state index is 11.6. The van der Waals surface area contributed by atoms with E-state index in [4.69, 9.17) is 10.8 Å². The van der Waals surface area contributed by atoms with Crippen molar-refractivity contribution in [2.24, 2.45) is 17.6 Å². The summed E-state index contributed by atoms with van der Waals surface area (Å²) in [7, 11) is 0. The molecule has 0 aromatic carbocycles. The van der Waals surface area contributed by atoms with Gasteiger partial charge in [0.25, 0.3) is 5.56 Å². The summed E-state index contributed by atoms with van der Waals surface area (Å²) in [5.41, 5.74) is 2.58. The molecule has 2 aromatic rings. The molecule has 11 heteroatoms. The Morgan fingerprint density at radius 1 is 1.39 bits per heavy atom. The van der Waals surface area contributed by atoms with Gasteiger partial charge in [0.1, 0.15) is 11.2 Å². The topological polar surface area (TPSA) is 184 Å². The van der Waals surface area contributed by atoms with Crippen LogP contribution >= 0.6 is 0 Å². The lowest BCUT2D eigenvalue weighted by atomic mass is 9.93. The number of fused-ring (bicyclic) bond motifs is 1. The summed E-state index contributed by atoms with van der Waals surface area (Å²) in [6.45, 7) is -0.327. The number of nitrogens with one attached hydrogen (secondary N) is 2. The van der Waals surface area contributed by atoms with Crippen LogP contribution in [0.2, 0.25) is 0 Å². The highest BCUT2D eigenvalue weighted by Gasteiger charge is 2.58. The molecule has 3 rings (SSSR count). The highest BCUT2D eigenvalue weighted by molar-refractivity contribution is 5.83. The van der Waals surface area contributed by atoms with E-state index in [-0.39, 0.29) is 24.1 Å². The third kappa shape index (κ3) is 2.30. The lowest BCUT2D eigenvalue weighted by Crippen LogP contribution is -2.54. The van der Waals surface area contributed by atoms with E-state index < -0.39 is 40.6 Å². The number of carboxylic acids is 2. The molecule has 23 heavy (non-hydrogen) atoms. The molecule has 3 atom stereocenters. The molecule has 1 fully saturated rings. The van der Waals surface area contributed by atoms with Crippen molar-refractivity contribution in [1.29, 1.82) is 0 Å². The fourth-order valence-electron chi connectivity index (χ4n) is 2.76. The Balaban J connectivity index is 2.02. The molecule has 2 aromatic heterocycles. The normalized spacial score (nSPS) is 22.7. The molecule has 2 heterocycles. The van der Waals surface area contributed by atoms with Crippen molar-refractivity contribution in [2.75, 3.05) is 0 Å². The molecule has 0 bridgehead atoms. The summed E-state index contributed by atoms with van der Waals surface area (Å²) in [6, 6.07) is 0. The first kappa shape index (κ1) is 15.0. The standard InChI is InChI=1S/C12H13N5O6/c13-12(10(21)22,5-1-4(5)9(19)20)2-17-3-14-6-7(17)15-11(23)16-8(6)18/h3-5H,1-2,13H2,(H,19,20)(H,21,22)(H2,15,16,18,23)/t4-,5-,12+/m1/s1. The Hall–Kier alpha value is -2.95. The molecule has 0 unspecified atom stereocenters. The molecule has 0 amide bonds. The number of aromatic nitrogens is 4. The van der Waals surface area contributed by atoms with Gasteiger partial charge in [-0.3, -0.25) is 24.4 Å². The zero-order valence-corrected chi connectivity index (χ0v) is 11.6. The average Bonchev–Trinajstić information content (AvgIpc) is 3.17. The summed E-state index contributed by atoms with van der Waals surface area (Å²) in [5.74, 6) is -4.04. The molecule has 6 N–H and O–H groups in total. The van der Waals surface area contributed by atoms with Crippen molar-refractivity contribution >= 4 is 23.1 Å². The highest BCUT2D eigenvalue weighted by Crippen LogP contribution is 2.46. The summed E-state index contributed by atoms with van der Waals surface area (Å²) in [6.07, 6.45) is 1.33. The molecule has 1 aliphatic rings. The minimum atomic E-state index is -1.85. The van der Waals surface area contributed by atoms with Crippen LogP contribution < -0.4 is 17.0 Å². The van der Waals surface area contributed by atoms with E-state index in [0.717, 1.165) is 0 Å². The Kier molecular flexibility index (Phi) is 3.11. The number of rotatable bonds is 5. The third-order valence-corrected chi connectivity index (χ3v) is 4.11. The van der Waals surface area contributed by atoms with Crippen LogP contribution in [0.1, 0.15) is 6.42 Å². The zero-order valence-electron chi connectivity index (χ0n) is 11.6. The second kappa shape index (κ2) is 4.78. The summed E-state index contributed by atoms with van der Waals surface area (Å²) < 4.78 is 1.23. The molecule has 0 radical (unpaired) electrons. The molecular weight excluding hydrogens is 310 g/mol. The largest absolute Gasteiger partial charge is 0.481 e. The van der Waals surface area contributed by atoms with Crippen LogP contribution in [0.4, 0.5) is 0 Å². The Labute approximate surface area is 126 Å². The predicted octanol–water partition coefficient (Wildman–Crippen LogP) is -2.08. The molecule has 122 valence electrons. The van der Waals surface area contributed by atoms with Gasteiger partial charge in [0.2, 0.25) is 0 Å². The third-order valence-electron chi connectivity index (χ3n) is 4.11. The van der Waals surface area contributed by atoms with Crippen LogP contribution in [0.15, 0.2) is 15.9 Å². The fraction of sp³-hybridized carbons (Fsp3) is 0.417. The van der Waals surface area contributed by atoms with E-state index in [1.807, 2.05) is 4.98 Å². The molecule has 0 aliphatic heterocycles. The summed E-state index contributed by atoms with van der Waals surface area (Å²) >= 11 is 0. The number of carboxylic acid groups (broad SMARTS) is 2. The Morgan fingerprint density at radius 2 is 2.09 bits per heavy atom. The molecule has 0 saturated heterocycles. The Morgan fingerprint density at radius 3 is 2.65 bits per heavy atom. The average molecular weight is 323 g/mol. The highest BCUT2D eigenvalue weighted by atomic mass is 16.4. The number of nitrogens with zero attached hydrogens (tertiary/aromatic N) is 2. The van der Waals surface area contributed by atoms with Crippen molar-refractivity contribution in [3.8, 4) is 0 Å². The molecule has 1 saturated carbocycles. The van der Waals surface area contributed by atoms with Crippen molar-refractivity contribution < 1.29 is 19.8 Å². The van der Waals surface area contributed by atoms with Gasteiger partial charge < -0.3 is 20.5 Å². The van der Waals surface area contributed by atoms with E-state index in [9.17, 15) is 24.3 Å². The second-order valence-electron chi connectivity index (χ2n) is 5.61. The van der Waals surface area contributed by atoms with Crippen molar-refractivity contribution in [1.82, 2.24) is 19.5 Å². The number of aliphatic carboxylic acids is 2.